The maximum Gasteiger partial charge on any atom is 0.173 e. The Bertz CT molecular complexity index is 433. The van der Waals surface area contributed by atoms with E-state index in [1.807, 2.05) is 0 Å². The number of rotatable bonds is 2. The van der Waals surface area contributed by atoms with E-state index in [0.29, 0.717) is 15.6 Å². The Morgan fingerprint density at radius 2 is 2.13 bits per heavy atom. The van der Waals surface area contributed by atoms with Crippen LogP contribution in [0.3, 0.4) is 0 Å². The molecule has 1 nitrogen and oxygen atoms in total. The summed E-state index contributed by atoms with van der Waals surface area (Å²) in [5, 5.41) is 0.757. The summed E-state index contributed by atoms with van der Waals surface area (Å²) in [6.07, 6.45) is -0.783. The van der Waals surface area contributed by atoms with Crippen molar-refractivity contribution in [3.05, 3.63) is 33.8 Å². The summed E-state index contributed by atoms with van der Waals surface area (Å²) in [7, 11) is 0. The van der Waals surface area contributed by atoms with Crippen molar-refractivity contribution in [2.45, 2.75) is 19.5 Å². The molecule has 2 unspecified atom stereocenters. The molecule has 4 heteroatoms. The lowest BCUT2D eigenvalue weighted by atomic mass is 9.96. The zero-order valence-electron chi connectivity index (χ0n) is 8.06. The minimum atomic E-state index is -1.06. The van der Waals surface area contributed by atoms with Gasteiger partial charge in [-0.15, -0.1) is 0 Å². The van der Waals surface area contributed by atoms with Gasteiger partial charge in [-0.1, -0.05) is 23.2 Å². The lowest BCUT2D eigenvalue weighted by molar-refractivity contribution is 0.0893. The molecule has 1 aliphatic carbocycles. The molecule has 0 N–H and O–H groups in total. The summed E-state index contributed by atoms with van der Waals surface area (Å²) in [6, 6.07) is 4.64. The predicted octanol–water partition coefficient (Wildman–Crippen LogP) is 3.92. The van der Waals surface area contributed by atoms with E-state index in [2.05, 4.69) is 0 Å². The third kappa shape index (κ3) is 1.77. The molecule has 0 spiro atoms. The molecule has 0 radical (unpaired) electrons. The van der Waals surface area contributed by atoms with E-state index >= 15 is 0 Å². The molecule has 1 aliphatic rings. The second kappa shape index (κ2) is 3.46. The van der Waals surface area contributed by atoms with Gasteiger partial charge in [0.1, 0.15) is 6.17 Å². The Hall–Kier alpha value is -0.600. The molecule has 0 aliphatic heterocycles. The van der Waals surface area contributed by atoms with Gasteiger partial charge in [0.25, 0.3) is 0 Å². The molecule has 1 saturated carbocycles. The molecule has 0 amide bonds. The first-order valence-corrected chi connectivity index (χ1v) is 5.34. The van der Waals surface area contributed by atoms with Crippen molar-refractivity contribution < 1.29 is 9.18 Å². The fourth-order valence-corrected chi connectivity index (χ4v) is 1.90. The Morgan fingerprint density at radius 3 is 2.67 bits per heavy atom. The molecule has 1 fully saturated rings. The van der Waals surface area contributed by atoms with Crippen LogP contribution in [0.1, 0.15) is 23.7 Å². The van der Waals surface area contributed by atoms with Crippen molar-refractivity contribution in [1.29, 1.82) is 0 Å². The van der Waals surface area contributed by atoms with Gasteiger partial charge in [0.15, 0.2) is 5.78 Å². The van der Waals surface area contributed by atoms with Crippen LogP contribution in [0.4, 0.5) is 4.39 Å². The monoisotopic (exact) mass is 246 g/mol. The zero-order chi connectivity index (χ0) is 11.2. The first-order chi connectivity index (χ1) is 6.95. The Kier molecular flexibility index (Phi) is 2.52. The number of carbonyl (C=O) groups is 1. The molecule has 0 bridgehead atoms. The standard InChI is InChI=1S/C11H9Cl2FO/c1-11(5-9(11)14)10(15)7-4-6(12)2-3-8(7)13/h2-4,9H,5H2,1H3. The lowest BCUT2D eigenvalue weighted by Crippen LogP contribution is -2.15. The van der Waals surface area contributed by atoms with Crippen LogP contribution in [0.5, 0.6) is 0 Å². The molecule has 2 atom stereocenters. The van der Waals surface area contributed by atoms with E-state index in [0.717, 1.165) is 0 Å². The SMILES string of the molecule is CC1(C(=O)c2cc(Cl)ccc2Cl)CC1F. The van der Waals surface area contributed by atoms with E-state index in [1.165, 1.54) is 6.07 Å². The second-order valence-corrected chi connectivity index (χ2v) is 4.89. The Balaban J connectivity index is 2.38. The van der Waals surface area contributed by atoms with E-state index in [-0.39, 0.29) is 12.2 Å². The van der Waals surface area contributed by atoms with Crippen LogP contribution >= 0.6 is 23.2 Å². The summed E-state index contributed by atoms with van der Waals surface area (Å²) >= 11 is 11.6. The van der Waals surface area contributed by atoms with E-state index in [1.54, 1.807) is 19.1 Å². The normalized spacial score (nSPS) is 28.9. The summed E-state index contributed by atoms with van der Waals surface area (Å²) in [4.78, 5) is 11.9. The van der Waals surface area contributed by atoms with Crippen LogP contribution in [0.25, 0.3) is 0 Å². The largest absolute Gasteiger partial charge is 0.293 e. The number of benzene rings is 1. The zero-order valence-corrected chi connectivity index (χ0v) is 9.57. The maximum absolute atomic E-state index is 13.0. The number of Topliss-reactive ketones (excluding diaryl/α,β-unsaturated/α-hetero) is 1. The third-order valence-corrected chi connectivity index (χ3v) is 3.39. The molecule has 0 saturated heterocycles. The quantitative estimate of drug-likeness (QED) is 0.723. The van der Waals surface area contributed by atoms with Gasteiger partial charge in [0.2, 0.25) is 0 Å². The molecule has 0 heterocycles. The molecular formula is C11H9Cl2FO. The first-order valence-electron chi connectivity index (χ1n) is 4.59. The van der Waals surface area contributed by atoms with Crippen LogP contribution < -0.4 is 0 Å². The highest BCUT2D eigenvalue weighted by atomic mass is 35.5. The van der Waals surface area contributed by atoms with Crippen molar-refractivity contribution >= 4 is 29.0 Å². The van der Waals surface area contributed by atoms with E-state index in [4.69, 9.17) is 23.2 Å². The summed E-state index contributed by atoms with van der Waals surface area (Å²) in [6.45, 7) is 1.61. The van der Waals surface area contributed by atoms with Crippen LogP contribution in [0.15, 0.2) is 18.2 Å². The third-order valence-electron chi connectivity index (χ3n) is 2.83. The summed E-state index contributed by atoms with van der Waals surface area (Å²) < 4.78 is 13.0. The molecule has 15 heavy (non-hydrogen) atoms. The number of hydrogen-bond acceptors (Lipinski definition) is 1. The molecule has 1 aromatic rings. The van der Waals surface area contributed by atoms with Crippen LogP contribution in [0.2, 0.25) is 10.0 Å². The Morgan fingerprint density at radius 1 is 1.53 bits per heavy atom. The molecule has 80 valence electrons. The van der Waals surface area contributed by atoms with Crippen LogP contribution in [-0.4, -0.2) is 12.0 Å². The smallest absolute Gasteiger partial charge is 0.173 e. The van der Waals surface area contributed by atoms with Gasteiger partial charge in [-0.25, -0.2) is 4.39 Å². The topological polar surface area (TPSA) is 17.1 Å². The average Bonchev–Trinajstić information content (AvgIpc) is 2.79. The molecular weight excluding hydrogens is 238 g/mol. The van der Waals surface area contributed by atoms with Gasteiger partial charge < -0.3 is 0 Å². The minimum Gasteiger partial charge on any atom is -0.293 e. The molecule has 2 rings (SSSR count). The number of hydrogen-bond donors (Lipinski definition) is 0. The minimum absolute atomic E-state index is 0.262. The van der Waals surface area contributed by atoms with Crippen molar-refractivity contribution in [2.24, 2.45) is 5.41 Å². The van der Waals surface area contributed by atoms with Crippen molar-refractivity contribution in [3.8, 4) is 0 Å². The summed E-state index contributed by atoms with van der Waals surface area (Å²) in [5.41, 5.74) is -0.583. The van der Waals surface area contributed by atoms with Gasteiger partial charge in [-0.05, 0) is 31.5 Å². The number of halogens is 3. The van der Waals surface area contributed by atoms with Gasteiger partial charge in [-0.3, -0.25) is 4.79 Å². The van der Waals surface area contributed by atoms with Gasteiger partial charge >= 0.3 is 0 Å². The highest BCUT2D eigenvalue weighted by Gasteiger charge is 2.57. The maximum atomic E-state index is 13.0. The number of alkyl halides is 1. The average molecular weight is 247 g/mol. The highest BCUT2D eigenvalue weighted by Crippen LogP contribution is 2.51. The van der Waals surface area contributed by atoms with Crippen LogP contribution in [0, 0.1) is 5.41 Å². The van der Waals surface area contributed by atoms with Crippen molar-refractivity contribution in [1.82, 2.24) is 0 Å². The van der Waals surface area contributed by atoms with Crippen molar-refractivity contribution in [3.63, 3.8) is 0 Å². The van der Waals surface area contributed by atoms with E-state index in [9.17, 15) is 9.18 Å². The van der Waals surface area contributed by atoms with Gasteiger partial charge in [-0.2, -0.15) is 0 Å². The fourth-order valence-electron chi connectivity index (χ4n) is 1.53. The Labute approximate surface area is 97.2 Å². The fraction of sp³-hybridized carbons (Fsp3) is 0.364. The number of ketones is 1. The second-order valence-electron chi connectivity index (χ2n) is 4.04. The highest BCUT2D eigenvalue weighted by molar-refractivity contribution is 6.36. The molecule has 0 aromatic heterocycles. The van der Waals surface area contributed by atoms with Gasteiger partial charge in [0.05, 0.1) is 10.4 Å². The molecule has 1 aromatic carbocycles. The van der Waals surface area contributed by atoms with Gasteiger partial charge in [0, 0.05) is 10.6 Å². The lowest BCUT2D eigenvalue weighted by Gasteiger charge is -2.09. The predicted molar refractivity (Wildman–Crippen MR) is 58.4 cm³/mol. The first kappa shape index (κ1) is 10.9. The van der Waals surface area contributed by atoms with Crippen molar-refractivity contribution in [2.75, 3.05) is 0 Å². The van der Waals surface area contributed by atoms with Crippen LogP contribution in [-0.2, 0) is 0 Å². The van der Waals surface area contributed by atoms with E-state index < -0.39 is 11.6 Å². The summed E-state index contributed by atoms with van der Waals surface area (Å²) in [5.74, 6) is -0.262. The number of carbonyl (C=O) groups excluding carboxylic acids is 1.